The zero-order valence-corrected chi connectivity index (χ0v) is 13.5. The lowest BCUT2D eigenvalue weighted by atomic mass is 10.0. The van der Waals surface area contributed by atoms with E-state index >= 15 is 0 Å². The van der Waals surface area contributed by atoms with Crippen LogP contribution in [0.15, 0.2) is 21.5 Å². The Bertz CT molecular complexity index is 570. The molecule has 0 bridgehead atoms. The highest BCUT2D eigenvalue weighted by Crippen LogP contribution is 2.19. The second kappa shape index (κ2) is 7.45. The maximum Gasteiger partial charge on any atom is 0.239 e. The summed E-state index contributed by atoms with van der Waals surface area (Å²) in [6, 6.07) is 1.31. The van der Waals surface area contributed by atoms with Gasteiger partial charge in [-0.05, 0) is 6.42 Å². The molecule has 0 spiro atoms. The summed E-state index contributed by atoms with van der Waals surface area (Å²) >= 11 is 0. The smallest absolute Gasteiger partial charge is 0.239 e. The molecule has 1 aliphatic rings. The monoisotopic (exact) mass is 308 g/mol. The number of unbranched alkanes of at least 4 members (excludes halogenated alkanes) is 1. The number of rotatable bonds is 6. The van der Waals surface area contributed by atoms with E-state index in [2.05, 4.69) is 11.8 Å². The first kappa shape index (κ1) is 16.5. The fourth-order valence-electron chi connectivity index (χ4n) is 2.72. The van der Waals surface area contributed by atoms with Gasteiger partial charge in [0.05, 0.1) is 19.7 Å². The van der Waals surface area contributed by atoms with Gasteiger partial charge in [0.25, 0.3) is 0 Å². The molecular weight excluding hydrogens is 284 g/mol. The predicted molar refractivity (Wildman–Crippen MR) is 82.9 cm³/mol. The Labute approximate surface area is 130 Å². The number of carbonyl (C=O) groups is 1. The van der Waals surface area contributed by atoms with Gasteiger partial charge in [0.1, 0.15) is 12.0 Å². The van der Waals surface area contributed by atoms with Crippen molar-refractivity contribution in [2.75, 3.05) is 27.2 Å². The maximum atomic E-state index is 12.4. The van der Waals surface area contributed by atoms with E-state index in [0.717, 1.165) is 25.8 Å². The molecule has 0 radical (unpaired) electrons. The molecule has 1 amide bonds. The molecule has 6 nitrogen and oxygen atoms in total. The van der Waals surface area contributed by atoms with E-state index in [4.69, 9.17) is 9.15 Å². The van der Waals surface area contributed by atoms with Crippen LogP contribution in [0.1, 0.15) is 31.9 Å². The third-order valence-corrected chi connectivity index (χ3v) is 4.09. The number of carbonyl (C=O) groups excluding carboxylic acids is 1. The molecule has 1 saturated heterocycles. The van der Waals surface area contributed by atoms with Crippen LogP contribution in [0.5, 0.6) is 5.75 Å². The minimum Gasteiger partial charge on any atom is -0.490 e. The van der Waals surface area contributed by atoms with Crippen molar-refractivity contribution in [1.29, 1.82) is 0 Å². The molecule has 6 heteroatoms. The number of likely N-dealkylation sites (N-methyl/N-ethyl adjacent to an activating group) is 1. The number of hydrogen-bond donors (Lipinski definition) is 0. The third kappa shape index (κ3) is 3.68. The highest BCUT2D eigenvalue weighted by Gasteiger charge is 2.32. The minimum absolute atomic E-state index is 0.133. The Kier molecular flexibility index (Phi) is 5.60. The highest BCUT2D eigenvalue weighted by molar-refractivity contribution is 5.82. The molecule has 0 aliphatic carbocycles. The summed E-state index contributed by atoms with van der Waals surface area (Å²) in [4.78, 5) is 28.1. The van der Waals surface area contributed by atoms with Gasteiger partial charge in [0, 0.05) is 26.2 Å². The van der Waals surface area contributed by atoms with E-state index in [1.54, 1.807) is 4.90 Å². The molecule has 1 aromatic heterocycles. The molecule has 1 aromatic rings. The SMILES string of the molecule is CCCC[C@@H]1C(=O)N(C)CCN1Cc1cc(=O)c(OC)co1. The standard InChI is InChI=1S/C16H24N2O4/c1-4-5-6-13-16(20)17(2)7-8-18(13)10-12-9-14(19)15(21-3)11-22-12/h9,11,13H,4-8,10H2,1-3H3/t13-/m1/s1. The molecule has 22 heavy (non-hydrogen) atoms. The first-order chi connectivity index (χ1) is 10.6. The van der Waals surface area contributed by atoms with Crippen molar-refractivity contribution >= 4 is 5.91 Å². The third-order valence-electron chi connectivity index (χ3n) is 4.09. The van der Waals surface area contributed by atoms with E-state index in [0.29, 0.717) is 18.8 Å². The van der Waals surface area contributed by atoms with Gasteiger partial charge >= 0.3 is 0 Å². The Hall–Kier alpha value is -1.82. The largest absolute Gasteiger partial charge is 0.490 e. The molecule has 0 aromatic carbocycles. The van der Waals surface area contributed by atoms with Gasteiger partial charge < -0.3 is 14.1 Å². The van der Waals surface area contributed by atoms with E-state index < -0.39 is 0 Å². The molecule has 122 valence electrons. The average molecular weight is 308 g/mol. The van der Waals surface area contributed by atoms with Gasteiger partial charge in [-0.1, -0.05) is 19.8 Å². The van der Waals surface area contributed by atoms with Crippen LogP contribution in [0.2, 0.25) is 0 Å². The lowest BCUT2D eigenvalue weighted by molar-refractivity contribution is -0.141. The number of ether oxygens (including phenoxy) is 1. The van der Waals surface area contributed by atoms with Gasteiger partial charge in [0.2, 0.25) is 17.1 Å². The zero-order chi connectivity index (χ0) is 16.1. The number of amides is 1. The predicted octanol–water partition coefficient (Wildman–Crippen LogP) is 1.48. The molecule has 0 N–H and O–H groups in total. The summed E-state index contributed by atoms with van der Waals surface area (Å²) in [6.45, 7) is 4.06. The average Bonchev–Trinajstić information content (AvgIpc) is 2.51. The molecule has 0 saturated carbocycles. The van der Waals surface area contributed by atoms with Crippen LogP contribution < -0.4 is 10.2 Å². The number of nitrogens with zero attached hydrogens (tertiary/aromatic N) is 2. The van der Waals surface area contributed by atoms with Crippen LogP contribution in [0.25, 0.3) is 0 Å². The molecular formula is C16H24N2O4. The fraction of sp³-hybridized carbons (Fsp3) is 0.625. The quantitative estimate of drug-likeness (QED) is 0.796. The Balaban J connectivity index is 2.13. The van der Waals surface area contributed by atoms with Crippen molar-refractivity contribution in [3.05, 3.63) is 28.3 Å². The maximum absolute atomic E-state index is 12.4. The summed E-state index contributed by atoms with van der Waals surface area (Å²) in [5, 5.41) is 0. The normalized spacial score (nSPS) is 19.5. The van der Waals surface area contributed by atoms with Crippen LogP contribution in [-0.4, -0.2) is 49.0 Å². The van der Waals surface area contributed by atoms with E-state index in [1.165, 1.54) is 19.4 Å². The van der Waals surface area contributed by atoms with Crippen LogP contribution in [0.4, 0.5) is 0 Å². The lowest BCUT2D eigenvalue weighted by Gasteiger charge is -2.38. The Morgan fingerprint density at radius 1 is 1.36 bits per heavy atom. The second-order valence-electron chi connectivity index (χ2n) is 5.67. The summed E-state index contributed by atoms with van der Waals surface area (Å²) < 4.78 is 10.4. The molecule has 1 aliphatic heterocycles. The van der Waals surface area contributed by atoms with Crippen molar-refractivity contribution in [2.45, 2.75) is 38.8 Å². The van der Waals surface area contributed by atoms with Gasteiger partial charge in [-0.3, -0.25) is 14.5 Å². The van der Waals surface area contributed by atoms with E-state index in [9.17, 15) is 9.59 Å². The van der Waals surface area contributed by atoms with Gasteiger partial charge in [-0.25, -0.2) is 0 Å². The molecule has 2 heterocycles. The van der Waals surface area contributed by atoms with Gasteiger partial charge in [-0.2, -0.15) is 0 Å². The number of hydrogen-bond acceptors (Lipinski definition) is 5. The van der Waals surface area contributed by atoms with Gasteiger partial charge in [-0.15, -0.1) is 0 Å². The van der Waals surface area contributed by atoms with E-state index in [1.807, 2.05) is 7.05 Å². The summed E-state index contributed by atoms with van der Waals surface area (Å²) in [5.74, 6) is 0.904. The highest BCUT2D eigenvalue weighted by atomic mass is 16.5. The molecule has 1 fully saturated rings. The van der Waals surface area contributed by atoms with Crippen LogP contribution in [0, 0.1) is 0 Å². The molecule has 2 rings (SSSR count). The van der Waals surface area contributed by atoms with Crippen LogP contribution in [-0.2, 0) is 11.3 Å². The second-order valence-corrected chi connectivity index (χ2v) is 5.67. The Morgan fingerprint density at radius 3 is 2.77 bits per heavy atom. The Morgan fingerprint density at radius 2 is 2.14 bits per heavy atom. The number of piperazine rings is 1. The molecule has 0 unspecified atom stereocenters. The summed E-state index contributed by atoms with van der Waals surface area (Å²) in [7, 11) is 3.28. The van der Waals surface area contributed by atoms with Crippen molar-refractivity contribution in [3.8, 4) is 5.75 Å². The first-order valence-corrected chi connectivity index (χ1v) is 7.71. The molecule has 1 atom stereocenters. The van der Waals surface area contributed by atoms with Crippen LogP contribution >= 0.6 is 0 Å². The zero-order valence-electron chi connectivity index (χ0n) is 13.5. The van der Waals surface area contributed by atoms with Gasteiger partial charge in [0.15, 0.2) is 0 Å². The van der Waals surface area contributed by atoms with Crippen LogP contribution in [0.3, 0.4) is 0 Å². The summed E-state index contributed by atoms with van der Waals surface area (Å²) in [5.41, 5.74) is -0.200. The van der Waals surface area contributed by atoms with E-state index in [-0.39, 0.29) is 23.1 Å². The number of methoxy groups -OCH3 is 1. The summed E-state index contributed by atoms with van der Waals surface area (Å²) in [6.07, 6.45) is 4.23. The van der Waals surface area contributed by atoms with Crippen molar-refractivity contribution < 1.29 is 13.9 Å². The first-order valence-electron chi connectivity index (χ1n) is 7.71. The lowest BCUT2D eigenvalue weighted by Crippen LogP contribution is -2.55. The van der Waals surface area contributed by atoms with Crippen molar-refractivity contribution in [2.24, 2.45) is 0 Å². The van der Waals surface area contributed by atoms with Crippen molar-refractivity contribution in [3.63, 3.8) is 0 Å². The fourth-order valence-corrected chi connectivity index (χ4v) is 2.72. The van der Waals surface area contributed by atoms with Crippen molar-refractivity contribution in [1.82, 2.24) is 9.80 Å². The topological polar surface area (TPSA) is 63.0 Å². The minimum atomic E-state index is -0.200.